The Bertz CT molecular complexity index is 818. The molecule has 1 aromatic rings. The summed E-state index contributed by atoms with van der Waals surface area (Å²) in [6.07, 6.45) is 13.4. The van der Waals surface area contributed by atoms with Crippen LogP contribution in [0.15, 0.2) is 18.2 Å². The number of nitrogens with zero attached hydrogens (tertiary/aromatic N) is 3. The zero-order valence-electron chi connectivity index (χ0n) is 19.6. The van der Waals surface area contributed by atoms with Crippen molar-refractivity contribution in [3.05, 3.63) is 34.9 Å². The molecule has 0 unspecified atom stereocenters. The molecule has 174 valence electrons. The first-order valence-electron chi connectivity index (χ1n) is 13.1. The second-order valence-electron chi connectivity index (χ2n) is 10.4. The van der Waals surface area contributed by atoms with Crippen LogP contribution in [0.1, 0.15) is 85.7 Å². The molecule has 2 amide bonds. The molecule has 0 radical (unpaired) electrons. The van der Waals surface area contributed by atoms with Gasteiger partial charge in [0.25, 0.3) is 5.91 Å². The van der Waals surface area contributed by atoms with Crippen molar-refractivity contribution in [3.8, 4) is 0 Å². The number of amides is 2. The second kappa shape index (κ2) is 9.94. The summed E-state index contributed by atoms with van der Waals surface area (Å²) in [6, 6.07) is 6.93. The fourth-order valence-electron chi connectivity index (χ4n) is 6.40. The summed E-state index contributed by atoms with van der Waals surface area (Å²) in [7, 11) is 0. The number of rotatable bonds is 3. The molecule has 2 aliphatic heterocycles. The van der Waals surface area contributed by atoms with Crippen molar-refractivity contribution in [2.24, 2.45) is 5.92 Å². The Kier molecular flexibility index (Phi) is 6.82. The molecule has 1 aromatic carbocycles. The minimum Gasteiger partial charge on any atom is -0.338 e. The van der Waals surface area contributed by atoms with Gasteiger partial charge in [-0.3, -0.25) is 14.5 Å². The molecular weight excluding hydrogens is 398 g/mol. The van der Waals surface area contributed by atoms with Crippen molar-refractivity contribution in [2.75, 3.05) is 32.7 Å². The molecule has 0 aromatic heterocycles. The number of carbonyl (C=O) groups excluding carboxylic acids is 2. The lowest BCUT2D eigenvalue weighted by Gasteiger charge is -2.40. The highest BCUT2D eigenvalue weighted by Crippen LogP contribution is 2.29. The van der Waals surface area contributed by atoms with Crippen molar-refractivity contribution >= 4 is 11.8 Å². The second-order valence-corrected chi connectivity index (χ2v) is 10.4. The minimum atomic E-state index is 0.178. The van der Waals surface area contributed by atoms with E-state index in [2.05, 4.69) is 21.9 Å². The van der Waals surface area contributed by atoms with Crippen LogP contribution in [-0.4, -0.2) is 65.3 Å². The molecule has 0 bridgehead atoms. The van der Waals surface area contributed by atoms with E-state index < -0.39 is 0 Å². The first-order valence-corrected chi connectivity index (χ1v) is 13.1. The largest absolute Gasteiger partial charge is 0.338 e. The first-order chi connectivity index (χ1) is 15.7. The fraction of sp³-hybridized carbons (Fsp3) is 0.704. The van der Waals surface area contributed by atoms with Crippen molar-refractivity contribution in [1.29, 1.82) is 0 Å². The fourth-order valence-corrected chi connectivity index (χ4v) is 6.40. The standard InChI is InChI=1S/C27H39N3O2/c31-26(21-7-3-1-4-8-21)30-14-13-22-19-23(11-12-24(22)20-30)27(32)29-17-15-28(16-18-29)25-9-5-2-6-10-25/h11-12,19,21,25H,1-10,13-18,20H2. The first kappa shape index (κ1) is 21.9. The van der Waals surface area contributed by atoms with Crippen LogP contribution >= 0.6 is 0 Å². The maximum Gasteiger partial charge on any atom is 0.253 e. The Balaban J connectivity index is 1.17. The Morgan fingerprint density at radius 2 is 1.41 bits per heavy atom. The van der Waals surface area contributed by atoms with Crippen LogP contribution in [0.3, 0.4) is 0 Å². The molecule has 2 heterocycles. The van der Waals surface area contributed by atoms with Crippen LogP contribution in [0.5, 0.6) is 0 Å². The summed E-state index contributed by atoms with van der Waals surface area (Å²) in [5.41, 5.74) is 3.30. The van der Waals surface area contributed by atoms with E-state index in [-0.39, 0.29) is 11.8 Å². The highest BCUT2D eigenvalue weighted by Gasteiger charge is 2.30. The quantitative estimate of drug-likeness (QED) is 0.710. The lowest BCUT2D eigenvalue weighted by molar-refractivity contribution is -0.137. The van der Waals surface area contributed by atoms with Gasteiger partial charge in [-0.2, -0.15) is 0 Å². The number of hydrogen-bond acceptors (Lipinski definition) is 3. The molecule has 1 saturated heterocycles. The van der Waals surface area contributed by atoms with Gasteiger partial charge in [0, 0.05) is 56.8 Å². The molecule has 3 fully saturated rings. The van der Waals surface area contributed by atoms with Gasteiger partial charge in [0.15, 0.2) is 0 Å². The average molecular weight is 438 g/mol. The van der Waals surface area contributed by atoms with Crippen LogP contribution in [0.25, 0.3) is 0 Å². The number of carbonyl (C=O) groups is 2. The van der Waals surface area contributed by atoms with Gasteiger partial charge in [-0.15, -0.1) is 0 Å². The summed E-state index contributed by atoms with van der Waals surface area (Å²) >= 11 is 0. The van der Waals surface area contributed by atoms with E-state index in [0.717, 1.165) is 63.6 Å². The van der Waals surface area contributed by atoms with E-state index in [1.54, 1.807) is 0 Å². The van der Waals surface area contributed by atoms with Gasteiger partial charge in [0.05, 0.1) is 0 Å². The van der Waals surface area contributed by atoms with Crippen molar-refractivity contribution in [3.63, 3.8) is 0 Å². The SMILES string of the molecule is O=C(c1ccc2c(c1)CCN(C(=O)C1CCCCC1)C2)N1CCN(C2CCCCC2)CC1. The number of hydrogen-bond donors (Lipinski definition) is 0. The monoisotopic (exact) mass is 437 g/mol. The molecule has 5 nitrogen and oxygen atoms in total. The molecule has 2 aliphatic carbocycles. The smallest absolute Gasteiger partial charge is 0.253 e. The third-order valence-corrected chi connectivity index (χ3v) is 8.42. The van der Waals surface area contributed by atoms with Gasteiger partial charge in [-0.05, 0) is 55.4 Å². The molecular formula is C27H39N3O2. The lowest BCUT2D eigenvalue weighted by atomic mass is 9.87. The maximum atomic E-state index is 13.2. The normalized spacial score (nSPS) is 23.8. The van der Waals surface area contributed by atoms with Crippen molar-refractivity contribution in [1.82, 2.24) is 14.7 Å². The molecule has 5 rings (SSSR count). The van der Waals surface area contributed by atoms with Gasteiger partial charge < -0.3 is 9.80 Å². The minimum absolute atomic E-state index is 0.178. The summed E-state index contributed by atoms with van der Waals surface area (Å²) in [5.74, 6) is 0.765. The highest BCUT2D eigenvalue weighted by molar-refractivity contribution is 5.94. The summed E-state index contributed by atoms with van der Waals surface area (Å²) in [4.78, 5) is 32.9. The van der Waals surface area contributed by atoms with Gasteiger partial charge in [-0.25, -0.2) is 0 Å². The number of piperazine rings is 1. The average Bonchev–Trinajstić information content (AvgIpc) is 2.88. The zero-order chi connectivity index (χ0) is 21.9. The molecule has 5 heteroatoms. The van der Waals surface area contributed by atoms with E-state index in [0.29, 0.717) is 12.5 Å². The Morgan fingerprint density at radius 1 is 0.719 bits per heavy atom. The van der Waals surface area contributed by atoms with Crippen LogP contribution in [0.4, 0.5) is 0 Å². The molecule has 0 N–H and O–H groups in total. The Hall–Kier alpha value is -1.88. The van der Waals surface area contributed by atoms with Crippen LogP contribution < -0.4 is 0 Å². The van der Waals surface area contributed by atoms with Crippen molar-refractivity contribution in [2.45, 2.75) is 83.2 Å². The molecule has 4 aliphatic rings. The Labute approximate surface area is 193 Å². The zero-order valence-corrected chi connectivity index (χ0v) is 19.6. The third-order valence-electron chi connectivity index (χ3n) is 8.42. The number of benzene rings is 1. The third kappa shape index (κ3) is 4.73. The molecule has 0 atom stereocenters. The van der Waals surface area contributed by atoms with E-state index in [4.69, 9.17) is 0 Å². The van der Waals surface area contributed by atoms with Gasteiger partial charge in [-0.1, -0.05) is 44.6 Å². The highest BCUT2D eigenvalue weighted by atomic mass is 16.2. The number of fused-ring (bicyclic) bond motifs is 1. The van der Waals surface area contributed by atoms with Crippen LogP contribution in [0, 0.1) is 5.92 Å². The van der Waals surface area contributed by atoms with E-state index in [9.17, 15) is 9.59 Å². The topological polar surface area (TPSA) is 43.9 Å². The molecule has 0 spiro atoms. The van der Waals surface area contributed by atoms with Crippen LogP contribution in [0.2, 0.25) is 0 Å². The Morgan fingerprint density at radius 3 is 2.12 bits per heavy atom. The predicted molar refractivity (Wildman–Crippen MR) is 126 cm³/mol. The van der Waals surface area contributed by atoms with Crippen molar-refractivity contribution < 1.29 is 9.59 Å². The van der Waals surface area contributed by atoms with E-state index >= 15 is 0 Å². The van der Waals surface area contributed by atoms with Gasteiger partial charge >= 0.3 is 0 Å². The summed E-state index contributed by atoms with van der Waals surface area (Å²) in [5, 5.41) is 0. The predicted octanol–water partition coefficient (Wildman–Crippen LogP) is 4.24. The lowest BCUT2D eigenvalue weighted by Crippen LogP contribution is -2.52. The van der Waals surface area contributed by atoms with Crippen LogP contribution in [-0.2, 0) is 17.8 Å². The van der Waals surface area contributed by atoms with Gasteiger partial charge in [0.1, 0.15) is 0 Å². The summed E-state index contributed by atoms with van der Waals surface area (Å²) in [6.45, 7) is 5.21. The van der Waals surface area contributed by atoms with Gasteiger partial charge in [0.2, 0.25) is 5.91 Å². The van der Waals surface area contributed by atoms with E-state index in [1.807, 2.05) is 11.0 Å². The maximum absolute atomic E-state index is 13.2. The van der Waals surface area contributed by atoms with E-state index in [1.165, 1.54) is 62.5 Å². The molecule has 32 heavy (non-hydrogen) atoms. The molecule has 2 saturated carbocycles. The summed E-state index contributed by atoms with van der Waals surface area (Å²) < 4.78 is 0.